The summed E-state index contributed by atoms with van der Waals surface area (Å²) in [5, 5.41) is 5.31. The highest BCUT2D eigenvalue weighted by Crippen LogP contribution is 2.36. The van der Waals surface area contributed by atoms with Crippen LogP contribution < -0.4 is 25.0 Å². The number of carbonyl (C=O) groups excluding carboxylic acids is 2. The summed E-state index contributed by atoms with van der Waals surface area (Å²) in [6.45, 7) is 3.05. The first-order valence-electron chi connectivity index (χ1n) is 11.8. The maximum Gasteiger partial charge on any atom is 0.309 e. The SMILES string of the molecule is O=C(NCc1ccco1)C(=O)NCC(c1ccc2c(c1)OCO2)N1CCN(c2ccccc2F)CC1. The van der Waals surface area contributed by atoms with Crippen LogP contribution in [0.3, 0.4) is 0 Å². The highest BCUT2D eigenvalue weighted by Gasteiger charge is 2.28. The van der Waals surface area contributed by atoms with Crippen molar-refractivity contribution in [1.29, 1.82) is 0 Å². The van der Waals surface area contributed by atoms with E-state index in [2.05, 4.69) is 15.5 Å². The number of benzene rings is 2. The largest absolute Gasteiger partial charge is 0.467 e. The number of amides is 2. The number of hydrogen-bond donors (Lipinski definition) is 2. The van der Waals surface area contributed by atoms with Crippen molar-refractivity contribution in [3.63, 3.8) is 0 Å². The zero-order chi connectivity index (χ0) is 24.9. The van der Waals surface area contributed by atoms with E-state index < -0.39 is 11.8 Å². The van der Waals surface area contributed by atoms with Crippen LogP contribution in [0.1, 0.15) is 17.4 Å². The van der Waals surface area contributed by atoms with Gasteiger partial charge in [0.25, 0.3) is 0 Å². The van der Waals surface area contributed by atoms with Crippen molar-refractivity contribution in [1.82, 2.24) is 15.5 Å². The van der Waals surface area contributed by atoms with Crippen LogP contribution in [0, 0.1) is 5.82 Å². The number of para-hydroxylation sites is 1. The van der Waals surface area contributed by atoms with Crippen LogP contribution in [-0.2, 0) is 16.1 Å². The van der Waals surface area contributed by atoms with E-state index in [9.17, 15) is 14.0 Å². The van der Waals surface area contributed by atoms with Crippen LogP contribution in [0.4, 0.5) is 10.1 Å². The fraction of sp³-hybridized carbons (Fsp3) is 0.308. The summed E-state index contributed by atoms with van der Waals surface area (Å²) >= 11 is 0. The highest BCUT2D eigenvalue weighted by atomic mass is 19.1. The van der Waals surface area contributed by atoms with Crippen LogP contribution in [0.15, 0.2) is 65.3 Å². The lowest BCUT2D eigenvalue weighted by molar-refractivity contribution is -0.139. The Hall–Kier alpha value is -4.05. The smallest absolute Gasteiger partial charge is 0.309 e. The Labute approximate surface area is 207 Å². The lowest BCUT2D eigenvalue weighted by atomic mass is 10.0. The molecule has 0 spiro atoms. The summed E-state index contributed by atoms with van der Waals surface area (Å²) in [4.78, 5) is 29.0. The van der Waals surface area contributed by atoms with E-state index in [0.29, 0.717) is 49.1 Å². The van der Waals surface area contributed by atoms with Crippen molar-refractivity contribution in [2.75, 3.05) is 44.4 Å². The number of nitrogens with one attached hydrogen (secondary N) is 2. The van der Waals surface area contributed by atoms with Crippen molar-refractivity contribution in [3.8, 4) is 11.5 Å². The molecule has 10 heteroatoms. The molecule has 9 nitrogen and oxygen atoms in total. The van der Waals surface area contributed by atoms with E-state index in [0.717, 1.165) is 5.56 Å². The van der Waals surface area contributed by atoms with E-state index in [1.165, 1.54) is 12.3 Å². The lowest BCUT2D eigenvalue weighted by Gasteiger charge is -2.40. The molecule has 2 N–H and O–H groups in total. The molecule has 1 fully saturated rings. The Morgan fingerprint density at radius 1 is 0.917 bits per heavy atom. The van der Waals surface area contributed by atoms with Crippen molar-refractivity contribution in [2.45, 2.75) is 12.6 Å². The van der Waals surface area contributed by atoms with Crippen LogP contribution >= 0.6 is 0 Å². The normalized spacial score (nSPS) is 16.0. The number of nitrogens with zero attached hydrogens (tertiary/aromatic N) is 2. The number of carbonyl (C=O) groups is 2. The van der Waals surface area contributed by atoms with Crippen LogP contribution in [0.2, 0.25) is 0 Å². The number of hydrogen-bond acceptors (Lipinski definition) is 7. The van der Waals surface area contributed by atoms with Gasteiger partial charge in [-0.2, -0.15) is 0 Å². The van der Waals surface area contributed by atoms with E-state index in [-0.39, 0.29) is 31.7 Å². The van der Waals surface area contributed by atoms with Crippen LogP contribution in [0.25, 0.3) is 0 Å². The fourth-order valence-corrected chi connectivity index (χ4v) is 4.49. The Morgan fingerprint density at radius 3 is 2.47 bits per heavy atom. The van der Waals surface area contributed by atoms with Gasteiger partial charge in [-0.1, -0.05) is 18.2 Å². The molecule has 1 atom stereocenters. The van der Waals surface area contributed by atoms with Gasteiger partial charge in [0.1, 0.15) is 11.6 Å². The van der Waals surface area contributed by atoms with Gasteiger partial charge in [-0.15, -0.1) is 0 Å². The maximum atomic E-state index is 14.3. The molecule has 1 unspecified atom stereocenters. The number of piperazine rings is 1. The van der Waals surface area contributed by atoms with Gasteiger partial charge in [-0.3, -0.25) is 14.5 Å². The van der Waals surface area contributed by atoms with Gasteiger partial charge in [0.15, 0.2) is 11.5 Å². The maximum absolute atomic E-state index is 14.3. The number of halogens is 1. The molecule has 0 saturated carbocycles. The monoisotopic (exact) mass is 494 g/mol. The number of fused-ring (bicyclic) bond motifs is 1. The Bertz CT molecular complexity index is 1210. The second kappa shape index (κ2) is 10.7. The molecule has 2 aliphatic rings. The molecule has 0 bridgehead atoms. The minimum atomic E-state index is -0.736. The van der Waals surface area contributed by atoms with Crippen molar-refractivity contribution in [2.24, 2.45) is 0 Å². The standard InChI is InChI=1S/C26H27FN4O5/c27-20-5-1-2-6-21(20)30-9-11-31(12-10-30)22(18-7-8-23-24(14-18)36-17-35-23)16-29-26(33)25(32)28-15-19-4-3-13-34-19/h1-8,13-14,22H,9-12,15-17H2,(H,28,32)(H,29,33). The molecule has 2 aromatic carbocycles. The first-order valence-corrected chi connectivity index (χ1v) is 11.8. The Morgan fingerprint density at radius 2 is 1.69 bits per heavy atom. The van der Waals surface area contributed by atoms with Gasteiger partial charge in [0.2, 0.25) is 6.79 Å². The van der Waals surface area contributed by atoms with Crippen molar-refractivity contribution in [3.05, 3.63) is 78.0 Å². The zero-order valence-corrected chi connectivity index (χ0v) is 19.6. The molecule has 1 saturated heterocycles. The molecule has 0 radical (unpaired) electrons. The molecule has 0 aliphatic carbocycles. The fourth-order valence-electron chi connectivity index (χ4n) is 4.49. The quantitative estimate of drug-likeness (QED) is 0.487. The summed E-state index contributed by atoms with van der Waals surface area (Å²) in [6, 6.07) is 15.6. The second-order valence-corrected chi connectivity index (χ2v) is 8.57. The Kier molecular flexibility index (Phi) is 7.03. The third-order valence-corrected chi connectivity index (χ3v) is 6.40. The lowest BCUT2D eigenvalue weighted by Crippen LogP contribution is -2.51. The Balaban J connectivity index is 1.26. The van der Waals surface area contributed by atoms with E-state index >= 15 is 0 Å². The predicted molar refractivity (Wildman–Crippen MR) is 129 cm³/mol. The second-order valence-electron chi connectivity index (χ2n) is 8.57. The summed E-state index contributed by atoms with van der Waals surface area (Å²) in [5.74, 6) is 0.166. The third kappa shape index (κ3) is 5.28. The van der Waals surface area contributed by atoms with E-state index in [1.54, 1.807) is 24.3 Å². The minimum absolute atomic E-state index is 0.128. The summed E-state index contributed by atoms with van der Waals surface area (Å²) in [6.07, 6.45) is 1.50. The molecule has 1 aromatic heterocycles. The van der Waals surface area contributed by atoms with Gasteiger partial charge in [-0.05, 0) is 42.0 Å². The number of ether oxygens (including phenoxy) is 2. The first-order chi connectivity index (χ1) is 17.6. The first kappa shape index (κ1) is 23.7. The van der Waals surface area contributed by atoms with Gasteiger partial charge in [0.05, 0.1) is 24.5 Å². The van der Waals surface area contributed by atoms with Crippen molar-refractivity contribution >= 4 is 17.5 Å². The molecule has 3 aromatic rings. The molecular weight excluding hydrogens is 467 g/mol. The molecule has 5 rings (SSSR count). The summed E-state index contributed by atoms with van der Waals surface area (Å²) in [5.41, 5.74) is 1.51. The van der Waals surface area contributed by atoms with Crippen LogP contribution in [0.5, 0.6) is 11.5 Å². The minimum Gasteiger partial charge on any atom is -0.467 e. The number of furan rings is 1. The molecular formula is C26H27FN4O5. The summed E-state index contributed by atoms with van der Waals surface area (Å²) < 4.78 is 30.4. The van der Waals surface area contributed by atoms with E-state index in [4.69, 9.17) is 13.9 Å². The zero-order valence-electron chi connectivity index (χ0n) is 19.6. The number of rotatable bonds is 7. The molecule has 2 amide bonds. The highest BCUT2D eigenvalue weighted by molar-refractivity contribution is 6.35. The molecule has 188 valence electrons. The van der Waals surface area contributed by atoms with Gasteiger partial charge in [0, 0.05) is 32.7 Å². The summed E-state index contributed by atoms with van der Waals surface area (Å²) in [7, 11) is 0. The van der Waals surface area contributed by atoms with Crippen LogP contribution in [-0.4, -0.2) is 56.2 Å². The van der Waals surface area contributed by atoms with Gasteiger partial charge >= 0.3 is 11.8 Å². The molecule has 2 aliphatic heterocycles. The average molecular weight is 495 g/mol. The third-order valence-electron chi connectivity index (χ3n) is 6.40. The molecule has 3 heterocycles. The predicted octanol–water partition coefficient (Wildman–Crippen LogP) is 2.44. The van der Waals surface area contributed by atoms with Gasteiger partial charge < -0.3 is 29.4 Å². The van der Waals surface area contributed by atoms with Crippen molar-refractivity contribution < 1.29 is 27.9 Å². The number of anilines is 1. The topological polar surface area (TPSA) is 96.3 Å². The average Bonchev–Trinajstić information content (AvgIpc) is 3.60. The van der Waals surface area contributed by atoms with Gasteiger partial charge in [-0.25, -0.2) is 4.39 Å². The van der Waals surface area contributed by atoms with E-state index in [1.807, 2.05) is 29.2 Å². The molecule has 36 heavy (non-hydrogen) atoms.